The van der Waals surface area contributed by atoms with Crippen molar-refractivity contribution < 1.29 is 23.2 Å². The molecule has 0 unspecified atom stereocenters. The van der Waals surface area contributed by atoms with Crippen molar-refractivity contribution in [3.8, 4) is 0 Å². The molecule has 3 atom stereocenters. The standard InChI is InChI=1S/C22H25F2N3O3/c23-17-6-3-13(8-18(17)24)16-11-26(12-22(16)7-1-2-19(28)25-22)21(30)14-9-20(29)27(10-14)15-4-5-15/h3,6,8,14-16H,1-2,4-5,7,9-12H2,(H,25,28)/t14-,16+,22-/m1/s1. The Labute approximate surface area is 173 Å². The summed E-state index contributed by atoms with van der Waals surface area (Å²) in [7, 11) is 0. The largest absolute Gasteiger partial charge is 0.348 e. The Bertz CT molecular complexity index is 919. The van der Waals surface area contributed by atoms with Gasteiger partial charge >= 0.3 is 0 Å². The summed E-state index contributed by atoms with van der Waals surface area (Å²) < 4.78 is 27.4. The first kappa shape index (κ1) is 19.5. The Balaban J connectivity index is 1.41. The van der Waals surface area contributed by atoms with E-state index < -0.39 is 17.2 Å². The van der Waals surface area contributed by atoms with E-state index in [1.165, 1.54) is 12.1 Å². The predicted octanol–water partition coefficient (Wildman–Crippen LogP) is 1.94. The van der Waals surface area contributed by atoms with E-state index >= 15 is 0 Å². The van der Waals surface area contributed by atoms with Crippen LogP contribution in [0.25, 0.3) is 0 Å². The van der Waals surface area contributed by atoms with Gasteiger partial charge in [-0.15, -0.1) is 0 Å². The average molecular weight is 417 g/mol. The maximum Gasteiger partial charge on any atom is 0.228 e. The van der Waals surface area contributed by atoms with Crippen LogP contribution < -0.4 is 5.32 Å². The molecule has 1 saturated carbocycles. The van der Waals surface area contributed by atoms with Crippen molar-refractivity contribution in [2.45, 2.75) is 56.0 Å². The summed E-state index contributed by atoms with van der Waals surface area (Å²) in [6, 6.07) is 4.09. The van der Waals surface area contributed by atoms with E-state index in [4.69, 9.17) is 0 Å². The zero-order valence-corrected chi connectivity index (χ0v) is 16.7. The summed E-state index contributed by atoms with van der Waals surface area (Å²) in [6.45, 7) is 1.10. The first-order chi connectivity index (χ1) is 14.4. The third-order valence-corrected chi connectivity index (χ3v) is 7.11. The number of piperidine rings is 1. The fourth-order valence-corrected chi connectivity index (χ4v) is 5.47. The third-order valence-electron chi connectivity index (χ3n) is 7.11. The van der Waals surface area contributed by atoms with Gasteiger partial charge in [-0.05, 0) is 43.4 Å². The van der Waals surface area contributed by atoms with Gasteiger partial charge in [0.05, 0.1) is 11.5 Å². The highest BCUT2D eigenvalue weighted by atomic mass is 19.2. The predicted molar refractivity (Wildman–Crippen MR) is 103 cm³/mol. The zero-order valence-electron chi connectivity index (χ0n) is 16.7. The molecule has 3 heterocycles. The quantitative estimate of drug-likeness (QED) is 0.817. The molecule has 8 heteroatoms. The highest BCUT2D eigenvalue weighted by molar-refractivity contribution is 5.90. The Kier molecular flexibility index (Phi) is 4.56. The van der Waals surface area contributed by atoms with Gasteiger partial charge in [0.25, 0.3) is 0 Å². The van der Waals surface area contributed by atoms with Crippen molar-refractivity contribution >= 4 is 17.7 Å². The third kappa shape index (κ3) is 3.26. The molecule has 6 nitrogen and oxygen atoms in total. The van der Waals surface area contributed by atoms with Crippen molar-refractivity contribution in [2.24, 2.45) is 5.92 Å². The second-order valence-electron chi connectivity index (χ2n) is 9.18. The fourth-order valence-electron chi connectivity index (χ4n) is 5.47. The smallest absolute Gasteiger partial charge is 0.228 e. The number of hydrogen-bond donors (Lipinski definition) is 1. The van der Waals surface area contributed by atoms with Gasteiger partial charge in [0.1, 0.15) is 0 Å². The first-order valence-corrected chi connectivity index (χ1v) is 10.7. The second kappa shape index (κ2) is 7.03. The monoisotopic (exact) mass is 417 g/mol. The lowest BCUT2D eigenvalue weighted by atomic mass is 9.76. The van der Waals surface area contributed by atoms with E-state index in [1.54, 1.807) is 4.90 Å². The summed E-state index contributed by atoms with van der Waals surface area (Å²) in [5, 5.41) is 3.07. The molecule has 1 aliphatic carbocycles. The fraction of sp³-hybridized carbons (Fsp3) is 0.591. The molecule has 30 heavy (non-hydrogen) atoms. The van der Waals surface area contributed by atoms with Gasteiger partial charge in [0.15, 0.2) is 11.6 Å². The molecule has 1 spiro atoms. The van der Waals surface area contributed by atoms with Gasteiger partial charge in [0.2, 0.25) is 17.7 Å². The van der Waals surface area contributed by atoms with E-state index in [2.05, 4.69) is 5.32 Å². The van der Waals surface area contributed by atoms with E-state index in [0.29, 0.717) is 44.5 Å². The zero-order chi connectivity index (χ0) is 21.0. The summed E-state index contributed by atoms with van der Waals surface area (Å²) in [5.41, 5.74) is -0.109. The van der Waals surface area contributed by atoms with Crippen LogP contribution >= 0.6 is 0 Å². The Morgan fingerprint density at radius 1 is 1.13 bits per heavy atom. The minimum absolute atomic E-state index is 0.0351. The van der Waals surface area contributed by atoms with Crippen molar-refractivity contribution in [1.29, 1.82) is 0 Å². The highest BCUT2D eigenvalue weighted by Crippen LogP contribution is 2.43. The minimum Gasteiger partial charge on any atom is -0.348 e. The molecule has 1 N–H and O–H groups in total. The van der Waals surface area contributed by atoms with Crippen LogP contribution in [0.3, 0.4) is 0 Å². The van der Waals surface area contributed by atoms with Gasteiger partial charge in [-0.2, -0.15) is 0 Å². The molecular weight excluding hydrogens is 392 g/mol. The molecule has 160 valence electrons. The Hall–Kier alpha value is -2.51. The molecular formula is C22H25F2N3O3. The van der Waals surface area contributed by atoms with Crippen LogP contribution in [0.5, 0.6) is 0 Å². The SMILES string of the molecule is O=C1CCC[C@]2(CN(C(=O)[C@@H]3CC(=O)N(C4CC4)C3)C[C@H]2c2ccc(F)c(F)c2)N1. The number of nitrogens with one attached hydrogen (secondary N) is 1. The Morgan fingerprint density at radius 3 is 2.63 bits per heavy atom. The average Bonchev–Trinajstić information content (AvgIpc) is 3.39. The summed E-state index contributed by atoms with van der Waals surface area (Å²) in [4.78, 5) is 41.3. The van der Waals surface area contributed by atoms with Crippen molar-refractivity contribution in [2.75, 3.05) is 19.6 Å². The first-order valence-electron chi connectivity index (χ1n) is 10.7. The van der Waals surface area contributed by atoms with E-state index in [-0.39, 0.29) is 42.0 Å². The maximum absolute atomic E-state index is 13.9. The highest BCUT2D eigenvalue weighted by Gasteiger charge is 2.52. The van der Waals surface area contributed by atoms with Crippen molar-refractivity contribution in [3.63, 3.8) is 0 Å². The molecule has 1 aromatic carbocycles. The van der Waals surface area contributed by atoms with Crippen LogP contribution in [-0.2, 0) is 14.4 Å². The second-order valence-corrected chi connectivity index (χ2v) is 9.18. The Morgan fingerprint density at radius 2 is 1.93 bits per heavy atom. The van der Waals surface area contributed by atoms with Crippen LogP contribution in [0.4, 0.5) is 8.78 Å². The van der Waals surface area contributed by atoms with Crippen LogP contribution in [0.2, 0.25) is 0 Å². The van der Waals surface area contributed by atoms with Crippen LogP contribution in [0, 0.1) is 17.6 Å². The van der Waals surface area contributed by atoms with Crippen LogP contribution in [0.15, 0.2) is 18.2 Å². The molecule has 3 amide bonds. The molecule has 3 saturated heterocycles. The van der Waals surface area contributed by atoms with Gasteiger partial charge < -0.3 is 15.1 Å². The van der Waals surface area contributed by atoms with Gasteiger partial charge in [0, 0.05) is 44.4 Å². The van der Waals surface area contributed by atoms with Gasteiger partial charge in [-0.3, -0.25) is 14.4 Å². The molecule has 3 aliphatic heterocycles. The van der Waals surface area contributed by atoms with Crippen molar-refractivity contribution in [1.82, 2.24) is 15.1 Å². The number of carbonyl (C=O) groups excluding carboxylic acids is 3. The summed E-state index contributed by atoms with van der Waals surface area (Å²) in [6.07, 6.45) is 4.01. The maximum atomic E-state index is 13.9. The van der Waals surface area contributed by atoms with E-state index in [1.807, 2.05) is 4.90 Å². The molecule has 0 bridgehead atoms. The van der Waals surface area contributed by atoms with Crippen LogP contribution in [-0.4, -0.2) is 58.7 Å². The molecule has 5 rings (SSSR count). The lowest BCUT2D eigenvalue weighted by Crippen LogP contribution is -2.56. The number of carbonyl (C=O) groups is 3. The summed E-state index contributed by atoms with van der Waals surface area (Å²) >= 11 is 0. The van der Waals surface area contributed by atoms with Crippen LogP contribution in [0.1, 0.15) is 50.0 Å². The van der Waals surface area contributed by atoms with Gasteiger partial charge in [-0.25, -0.2) is 8.78 Å². The number of benzene rings is 1. The number of rotatable bonds is 3. The molecule has 1 aromatic rings. The number of hydrogen-bond acceptors (Lipinski definition) is 3. The number of halogens is 2. The number of amides is 3. The summed E-state index contributed by atoms with van der Waals surface area (Å²) in [5.74, 6) is -2.69. The van der Waals surface area contributed by atoms with E-state index in [9.17, 15) is 23.2 Å². The molecule has 4 aliphatic rings. The number of nitrogens with zero attached hydrogens (tertiary/aromatic N) is 2. The van der Waals surface area contributed by atoms with Gasteiger partial charge in [-0.1, -0.05) is 6.07 Å². The molecule has 0 radical (unpaired) electrons. The number of likely N-dealkylation sites (tertiary alicyclic amines) is 2. The molecule has 4 fully saturated rings. The normalized spacial score (nSPS) is 31.5. The lowest BCUT2D eigenvalue weighted by molar-refractivity contribution is -0.135. The molecule has 0 aromatic heterocycles. The topological polar surface area (TPSA) is 69.7 Å². The lowest BCUT2D eigenvalue weighted by Gasteiger charge is -2.39. The van der Waals surface area contributed by atoms with E-state index in [0.717, 1.165) is 18.9 Å². The van der Waals surface area contributed by atoms with Crippen molar-refractivity contribution in [3.05, 3.63) is 35.4 Å². The minimum atomic E-state index is -0.934.